The fraction of sp³-hybridized carbons (Fsp3) is 0.100. The van der Waals surface area contributed by atoms with Crippen LogP contribution in [-0.2, 0) is 0 Å². The zero-order valence-corrected chi connectivity index (χ0v) is 15.1. The topological polar surface area (TPSA) is 128 Å². The first-order valence-electron chi connectivity index (χ1n) is 8.59. The van der Waals surface area contributed by atoms with E-state index >= 15 is 0 Å². The van der Waals surface area contributed by atoms with Crippen LogP contribution in [0.3, 0.4) is 0 Å². The van der Waals surface area contributed by atoms with Crippen LogP contribution >= 0.6 is 0 Å². The Kier molecular flexibility index (Phi) is 6.21. The van der Waals surface area contributed by atoms with Crippen molar-refractivity contribution < 1.29 is 19.5 Å². The van der Waals surface area contributed by atoms with Gasteiger partial charge in [-0.3, -0.25) is 14.9 Å². The van der Waals surface area contributed by atoms with Crippen molar-refractivity contribution in [1.29, 1.82) is 0 Å². The SMILES string of the molecule is O=c1[nH]c(C=Cc2cccc(OCCOc3ccccc3)c2)nc(O)c1[N+](=O)[O-]. The zero-order chi connectivity index (χ0) is 20.6. The van der Waals surface area contributed by atoms with E-state index in [4.69, 9.17) is 9.47 Å². The van der Waals surface area contributed by atoms with Crippen molar-refractivity contribution in [3.05, 3.63) is 86.5 Å². The molecule has 29 heavy (non-hydrogen) atoms. The third-order valence-corrected chi connectivity index (χ3v) is 3.73. The quantitative estimate of drug-likeness (QED) is 0.341. The molecule has 148 valence electrons. The van der Waals surface area contributed by atoms with E-state index in [1.54, 1.807) is 30.3 Å². The van der Waals surface area contributed by atoms with Gasteiger partial charge in [0.25, 0.3) is 5.88 Å². The van der Waals surface area contributed by atoms with Crippen molar-refractivity contribution in [2.75, 3.05) is 13.2 Å². The number of nitrogens with zero attached hydrogens (tertiary/aromatic N) is 2. The molecule has 9 nitrogen and oxygen atoms in total. The van der Waals surface area contributed by atoms with E-state index in [0.29, 0.717) is 19.0 Å². The normalized spacial score (nSPS) is 10.8. The molecule has 0 saturated heterocycles. The Labute approximate surface area is 165 Å². The maximum absolute atomic E-state index is 11.7. The maximum Gasteiger partial charge on any atom is 0.395 e. The van der Waals surface area contributed by atoms with Crippen LogP contribution in [0.1, 0.15) is 11.4 Å². The lowest BCUT2D eigenvalue weighted by Crippen LogP contribution is -2.14. The standard InChI is InChI=1S/C20H17N3O6/c24-19-18(23(26)27)20(25)22-17(21-19)10-9-14-5-4-8-16(13-14)29-12-11-28-15-6-2-1-3-7-15/h1-10,13H,11-12H2,(H2,21,22,24,25). The van der Waals surface area contributed by atoms with Gasteiger partial charge in [-0.05, 0) is 35.9 Å². The number of aromatic hydroxyl groups is 1. The van der Waals surface area contributed by atoms with Crippen LogP contribution in [0.25, 0.3) is 12.2 Å². The third-order valence-electron chi connectivity index (χ3n) is 3.73. The number of rotatable bonds is 8. The van der Waals surface area contributed by atoms with Gasteiger partial charge < -0.3 is 19.6 Å². The van der Waals surface area contributed by atoms with E-state index in [0.717, 1.165) is 11.3 Å². The van der Waals surface area contributed by atoms with Gasteiger partial charge in [0.05, 0.1) is 4.92 Å². The Morgan fingerprint density at radius 1 is 1.03 bits per heavy atom. The fourth-order valence-electron chi connectivity index (χ4n) is 2.43. The second-order valence-corrected chi connectivity index (χ2v) is 5.80. The number of benzene rings is 2. The van der Waals surface area contributed by atoms with Crippen LogP contribution in [0.4, 0.5) is 5.69 Å². The maximum atomic E-state index is 11.7. The molecular formula is C20H17N3O6. The first-order chi connectivity index (χ1) is 14.0. The fourth-order valence-corrected chi connectivity index (χ4v) is 2.43. The zero-order valence-electron chi connectivity index (χ0n) is 15.1. The molecule has 0 bridgehead atoms. The number of para-hydroxylation sites is 1. The Bertz CT molecular complexity index is 1080. The molecule has 0 saturated carbocycles. The van der Waals surface area contributed by atoms with Crippen LogP contribution in [0.2, 0.25) is 0 Å². The highest BCUT2D eigenvalue weighted by atomic mass is 16.6. The van der Waals surface area contributed by atoms with Gasteiger partial charge in [0, 0.05) is 0 Å². The Hall–Kier alpha value is -4.14. The average molecular weight is 395 g/mol. The van der Waals surface area contributed by atoms with Gasteiger partial charge in [-0.15, -0.1) is 0 Å². The van der Waals surface area contributed by atoms with Gasteiger partial charge >= 0.3 is 11.2 Å². The summed E-state index contributed by atoms with van der Waals surface area (Å²) in [5, 5.41) is 20.3. The highest BCUT2D eigenvalue weighted by molar-refractivity contribution is 5.67. The van der Waals surface area contributed by atoms with Crippen molar-refractivity contribution in [2.24, 2.45) is 0 Å². The predicted molar refractivity (Wildman–Crippen MR) is 106 cm³/mol. The van der Waals surface area contributed by atoms with Crippen LogP contribution in [0.5, 0.6) is 17.4 Å². The highest BCUT2D eigenvalue weighted by Crippen LogP contribution is 2.18. The number of ether oxygens (including phenoxy) is 2. The molecule has 0 atom stereocenters. The number of nitrogens with one attached hydrogen (secondary N) is 1. The molecule has 0 aliphatic rings. The van der Waals surface area contributed by atoms with Crippen molar-refractivity contribution in [2.45, 2.75) is 0 Å². The molecule has 9 heteroatoms. The largest absolute Gasteiger partial charge is 0.490 e. The monoisotopic (exact) mass is 395 g/mol. The summed E-state index contributed by atoms with van der Waals surface area (Å²) in [7, 11) is 0. The summed E-state index contributed by atoms with van der Waals surface area (Å²) in [6.45, 7) is 0.741. The number of nitro groups is 1. The molecule has 0 aliphatic carbocycles. The number of aromatic nitrogens is 2. The third kappa shape index (κ3) is 5.42. The van der Waals surface area contributed by atoms with E-state index in [1.165, 1.54) is 6.08 Å². The van der Waals surface area contributed by atoms with Gasteiger partial charge in [-0.1, -0.05) is 36.4 Å². The summed E-state index contributed by atoms with van der Waals surface area (Å²) < 4.78 is 11.2. The highest BCUT2D eigenvalue weighted by Gasteiger charge is 2.21. The lowest BCUT2D eigenvalue weighted by molar-refractivity contribution is -0.387. The number of hydrogen-bond donors (Lipinski definition) is 2. The van der Waals surface area contributed by atoms with Crippen LogP contribution in [-0.4, -0.2) is 33.2 Å². The molecule has 0 spiro atoms. The molecule has 2 aromatic carbocycles. The van der Waals surface area contributed by atoms with Gasteiger partial charge in [-0.25, -0.2) is 0 Å². The molecule has 2 N–H and O–H groups in total. The molecule has 0 fully saturated rings. The van der Waals surface area contributed by atoms with Crippen molar-refractivity contribution in [3.63, 3.8) is 0 Å². The summed E-state index contributed by atoms with van der Waals surface area (Å²) in [6, 6.07) is 16.5. The van der Waals surface area contributed by atoms with Gasteiger partial charge in [0.1, 0.15) is 30.5 Å². The second-order valence-electron chi connectivity index (χ2n) is 5.80. The Morgan fingerprint density at radius 2 is 1.72 bits per heavy atom. The van der Waals surface area contributed by atoms with E-state index in [2.05, 4.69) is 9.97 Å². The summed E-state index contributed by atoms with van der Waals surface area (Å²) in [5.74, 6) is 0.437. The van der Waals surface area contributed by atoms with Gasteiger partial charge in [-0.2, -0.15) is 4.98 Å². The molecule has 0 unspecified atom stereocenters. The summed E-state index contributed by atoms with van der Waals surface area (Å²) in [4.78, 5) is 27.2. The summed E-state index contributed by atoms with van der Waals surface area (Å²) in [5.41, 5.74) is -1.28. The first-order valence-corrected chi connectivity index (χ1v) is 8.59. The van der Waals surface area contributed by atoms with Gasteiger partial charge in [0.2, 0.25) is 0 Å². The molecule has 0 radical (unpaired) electrons. The molecule has 1 aromatic heterocycles. The molecule has 3 rings (SSSR count). The second kappa shape index (κ2) is 9.18. The summed E-state index contributed by atoms with van der Waals surface area (Å²) >= 11 is 0. The van der Waals surface area contributed by atoms with Crippen LogP contribution < -0.4 is 15.0 Å². The van der Waals surface area contributed by atoms with E-state index in [9.17, 15) is 20.0 Å². The molecule has 1 heterocycles. The van der Waals surface area contributed by atoms with E-state index in [-0.39, 0.29) is 5.82 Å². The first kappa shape index (κ1) is 19.6. The predicted octanol–water partition coefficient (Wildman–Crippen LogP) is 3.01. The minimum atomic E-state index is -1.03. The molecule has 0 amide bonds. The smallest absolute Gasteiger partial charge is 0.395 e. The van der Waals surface area contributed by atoms with Crippen LogP contribution in [0, 0.1) is 10.1 Å². The molecule has 0 aliphatic heterocycles. The Balaban J connectivity index is 1.61. The van der Waals surface area contributed by atoms with Crippen LogP contribution in [0.15, 0.2) is 59.4 Å². The number of aromatic amines is 1. The average Bonchev–Trinajstić information content (AvgIpc) is 2.70. The molecular weight excluding hydrogens is 378 g/mol. The Morgan fingerprint density at radius 3 is 2.41 bits per heavy atom. The molecule has 3 aromatic rings. The number of H-pyrrole nitrogens is 1. The number of hydrogen-bond acceptors (Lipinski definition) is 7. The summed E-state index contributed by atoms with van der Waals surface area (Å²) in [6.07, 6.45) is 3.04. The van der Waals surface area contributed by atoms with Crippen molar-refractivity contribution >= 4 is 17.8 Å². The van der Waals surface area contributed by atoms with E-state index in [1.807, 2.05) is 30.3 Å². The lowest BCUT2D eigenvalue weighted by atomic mass is 10.2. The van der Waals surface area contributed by atoms with Crippen molar-refractivity contribution in [3.8, 4) is 17.4 Å². The van der Waals surface area contributed by atoms with E-state index < -0.39 is 22.0 Å². The minimum Gasteiger partial charge on any atom is -0.490 e. The minimum absolute atomic E-state index is 0.0133. The lowest BCUT2D eigenvalue weighted by Gasteiger charge is -2.08. The van der Waals surface area contributed by atoms with Gasteiger partial charge in [0.15, 0.2) is 0 Å². The van der Waals surface area contributed by atoms with Crippen molar-refractivity contribution in [1.82, 2.24) is 9.97 Å².